The Hall–Kier alpha value is -2.42. The van der Waals surface area contributed by atoms with Gasteiger partial charge in [-0.1, -0.05) is 35.3 Å². The van der Waals surface area contributed by atoms with Crippen molar-refractivity contribution in [3.05, 3.63) is 68.5 Å². The van der Waals surface area contributed by atoms with Crippen molar-refractivity contribution in [3.63, 3.8) is 0 Å². The Balaban J connectivity index is 1.74. The number of nitrogens with one attached hydrogen (secondary N) is 1. The van der Waals surface area contributed by atoms with Gasteiger partial charge in [0.05, 0.1) is 20.6 Å². The van der Waals surface area contributed by atoms with Gasteiger partial charge < -0.3 is 5.32 Å². The van der Waals surface area contributed by atoms with Crippen molar-refractivity contribution in [2.45, 2.75) is 0 Å². The van der Waals surface area contributed by atoms with Crippen LogP contribution in [0.2, 0.25) is 10.0 Å². The molecule has 0 aromatic heterocycles. The maximum absolute atomic E-state index is 13.6. The van der Waals surface area contributed by atoms with Crippen molar-refractivity contribution < 1.29 is 23.2 Å². The number of rotatable bonds is 4. The molecule has 1 heterocycles. The number of nitrogens with zero attached hydrogens (tertiary/aromatic N) is 1. The van der Waals surface area contributed by atoms with Crippen LogP contribution in [-0.2, 0) is 9.59 Å². The third-order valence-corrected chi connectivity index (χ3v) is 5.39. The Bertz CT molecular complexity index is 1030. The zero-order chi connectivity index (χ0) is 20.4. The van der Waals surface area contributed by atoms with Crippen LogP contribution < -0.4 is 5.32 Å². The maximum Gasteiger partial charge on any atom is 0.294 e. The van der Waals surface area contributed by atoms with E-state index in [1.165, 1.54) is 6.08 Å². The molecule has 3 rings (SSSR count). The number of thioether (sulfide) groups is 1. The first-order valence-corrected chi connectivity index (χ1v) is 9.28. The largest absolute Gasteiger partial charge is 0.322 e. The van der Waals surface area contributed by atoms with Gasteiger partial charge in [-0.05, 0) is 41.6 Å². The number of carbonyl (C=O) groups is 3. The van der Waals surface area contributed by atoms with Gasteiger partial charge in [0.2, 0.25) is 5.91 Å². The van der Waals surface area contributed by atoms with Crippen LogP contribution in [-0.4, -0.2) is 28.5 Å². The Labute approximate surface area is 172 Å². The minimum atomic E-state index is -0.974. The van der Waals surface area contributed by atoms with Gasteiger partial charge >= 0.3 is 0 Å². The highest BCUT2D eigenvalue weighted by Gasteiger charge is 2.36. The fraction of sp³-hybridized carbons (Fsp3) is 0.0556. The van der Waals surface area contributed by atoms with E-state index in [0.717, 1.165) is 12.1 Å². The number of amides is 3. The van der Waals surface area contributed by atoms with Crippen LogP contribution in [0, 0.1) is 11.6 Å². The summed E-state index contributed by atoms with van der Waals surface area (Å²) >= 11 is 12.6. The molecule has 1 saturated heterocycles. The lowest BCUT2D eigenvalue weighted by atomic mass is 10.2. The monoisotopic (exact) mass is 442 g/mol. The predicted octanol–water partition coefficient (Wildman–Crippen LogP) is 4.95. The van der Waals surface area contributed by atoms with Crippen LogP contribution in [0.4, 0.5) is 19.3 Å². The van der Waals surface area contributed by atoms with E-state index in [-0.39, 0.29) is 20.6 Å². The Morgan fingerprint density at radius 1 is 1.18 bits per heavy atom. The number of anilines is 1. The van der Waals surface area contributed by atoms with E-state index < -0.39 is 35.2 Å². The molecule has 2 aromatic rings. The highest BCUT2D eigenvalue weighted by Crippen LogP contribution is 2.35. The molecule has 3 amide bonds. The van der Waals surface area contributed by atoms with Crippen LogP contribution in [0.3, 0.4) is 0 Å². The van der Waals surface area contributed by atoms with Crippen LogP contribution >= 0.6 is 35.0 Å². The van der Waals surface area contributed by atoms with E-state index in [1.807, 2.05) is 0 Å². The summed E-state index contributed by atoms with van der Waals surface area (Å²) in [5, 5.41) is 2.04. The van der Waals surface area contributed by atoms with E-state index in [1.54, 1.807) is 18.2 Å². The van der Waals surface area contributed by atoms with E-state index >= 15 is 0 Å². The van der Waals surface area contributed by atoms with Crippen LogP contribution in [0.25, 0.3) is 6.08 Å². The molecule has 0 unspecified atom stereocenters. The third kappa shape index (κ3) is 4.35. The normalized spacial score (nSPS) is 15.4. The van der Waals surface area contributed by atoms with Gasteiger partial charge in [0.15, 0.2) is 0 Å². The van der Waals surface area contributed by atoms with Crippen molar-refractivity contribution in [2.24, 2.45) is 0 Å². The van der Waals surface area contributed by atoms with Crippen molar-refractivity contribution in [1.29, 1.82) is 0 Å². The number of halogens is 4. The van der Waals surface area contributed by atoms with Gasteiger partial charge in [0.25, 0.3) is 11.1 Å². The molecule has 144 valence electrons. The quantitative estimate of drug-likeness (QED) is 0.680. The van der Waals surface area contributed by atoms with Gasteiger partial charge in [-0.3, -0.25) is 19.3 Å². The minimum absolute atomic E-state index is 0.0647. The maximum atomic E-state index is 13.6. The first-order valence-electron chi connectivity index (χ1n) is 7.70. The number of hydrogen-bond donors (Lipinski definition) is 1. The van der Waals surface area contributed by atoms with Gasteiger partial charge in [-0.2, -0.15) is 0 Å². The number of carbonyl (C=O) groups excluding carboxylic acids is 3. The van der Waals surface area contributed by atoms with Crippen LogP contribution in [0.15, 0.2) is 41.3 Å². The summed E-state index contributed by atoms with van der Waals surface area (Å²) in [6, 6.07) is 7.44. The molecule has 0 bridgehead atoms. The molecule has 1 fully saturated rings. The zero-order valence-corrected chi connectivity index (χ0v) is 16.2. The second kappa shape index (κ2) is 8.30. The smallest absolute Gasteiger partial charge is 0.294 e. The lowest BCUT2D eigenvalue weighted by Gasteiger charge is -2.12. The average Bonchev–Trinajstić information content (AvgIpc) is 2.89. The third-order valence-electron chi connectivity index (χ3n) is 3.65. The average molecular weight is 443 g/mol. The van der Waals surface area contributed by atoms with Gasteiger partial charge in [-0.15, -0.1) is 0 Å². The minimum Gasteiger partial charge on any atom is -0.322 e. The molecule has 1 aliphatic rings. The fourth-order valence-corrected chi connectivity index (χ4v) is 3.53. The van der Waals surface area contributed by atoms with Crippen molar-refractivity contribution in [2.75, 3.05) is 11.9 Å². The standard InChI is InChI=1S/C18H10Cl2F2N2O3S/c19-11-3-1-2-9(16(11)20)6-14-17(26)24(18(27)28-14)8-15(25)23-13-5-4-10(21)7-12(13)22/h1-7H,8H2,(H,23,25). The molecular formula is C18H10Cl2F2N2O3S. The van der Waals surface area contributed by atoms with E-state index in [9.17, 15) is 23.2 Å². The fourth-order valence-electron chi connectivity index (χ4n) is 2.33. The van der Waals surface area contributed by atoms with Crippen molar-refractivity contribution >= 4 is 63.8 Å². The molecule has 5 nitrogen and oxygen atoms in total. The Morgan fingerprint density at radius 3 is 2.64 bits per heavy atom. The van der Waals surface area contributed by atoms with Gasteiger partial charge in [0, 0.05) is 6.07 Å². The molecule has 1 N–H and O–H groups in total. The summed E-state index contributed by atoms with van der Waals surface area (Å²) in [5.41, 5.74) is 0.178. The molecule has 0 spiro atoms. The molecular weight excluding hydrogens is 433 g/mol. The van der Waals surface area contributed by atoms with Crippen LogP contribution in [0.5, 0.6) is 0 Å². The summed E-state index contributed by atoms with van der Waals surface area (Å²) in [6.45, 7) is -0.623. The molecule has 28 heavy (non-hydrogen) atoms. The van der Waals surface area contributed by atoms with Crippen molar-refractivity contribution in [3.8, 4) is 0 Å². The first-order chi connectivity index (χ1) is 13.3. The number of imide groups is 1. The summed E-state index contributed by atoms with van der Waals surface area (Å²) < 4.78 is 26.5. The Morgan fingerprint density at radius 2 is 1.93 bits per heavy atom. The molecule has 1 aliphatic heterocycles. The zero-order valence-electron chi connectivity index (χ0n) is 13.8. The second-order valence-corrected chi connectivity index (χ2v) is 7.36. The molecule has 0 atom stereocenters. The highest BCUT2D eigenvalue weighted by molar-refractivity contribution is 8.18. The second-order valence-electron chi connectivity index (χ2n) is 5.58. The van der Waals surface area contributed by atoms with Gasteiger partial charge in [0.1, 0.15) is 18.2 Å². The molecule has 10 heteroatoms. The lowest BCUT2D eigenvalue weighted by molar-refractivity contribution is -0.127. The molecule has 2 aromatic carbocycles. The number of hydrogen-bond acceptors (Lipinski definition) is 4. The first kappa shape index (κ1) is 20.3. The van der Waals surface area contributed by atoms with Crippen molar-refractivity contribution in [1.82, 2.24) is 4.90 Å². The molecule has 0 radical (unpaired) electrons. The Kier molecular flexibility index (Phi) is 6.02. The predicted molar refractivity (Wildman–Crippen MR) is 104 cm³/mol. The van der Waals surface area contributed by atoms with E-state index in [2.05, 4.69) is 5.32 Å². The lowest BCUT2D eigenvalue weighted by Crippen LogP contribution is -2.36. The van der Waals surface area contributed by atoms with Crippen LogP contribution in [0.1, 0.15) is 5.56 Å². The summed E-state index contributed by atoms with van der Waals surface area (Å²) in [5.74, 6) is -3.28. The number of benzene rings is 2. The SMILES string of the molecule is O=C(CN1C(=O)SC(=Cc2cccc(Cl)c2Cl)C1=O)Nc1ccc(F)cc1F. The van der Waals surface area contributed by atoms with Gasteiger partial charge in [-0.25, -0.2) is 8.78 Å². The molecule has 0 saturated carbocycles. The summed E-state index contributed by atoms with van der Waals surface area (Å²) in [4.78, 5) is 37.4. The summed E-state index contributed by atoms with van der Waals surface area (Å²) in [6.07, 6.45) is 1.40. The van der Waals surface area contributed by atoms with E-state index in [0.29, 0.717) is 28.3 Å². The van der Waals surface area contributed by atoms with E-state index in [4.69, 9.17) is 23.2 Å². The topological polar surface area (TPSA) is 66.5 Å². The highest BCUT2D eigenvalue weighted by atomic mass is 35.5. The summed E-state index contributed by atoms with van der Waals surface area (Å²) in [7, 11) is 0. The molecule has 0 aliphatic carbocycles.